The van der Waals surface area contributed by atoms with Crippen LogP contribution >= 0.6 is 22.6 Å². The van der Waals surface area contributed by atoms with E-state index in [1.54, 1.807) is 18.3 Å². The number of H-pyrrole nitrogens is 1. The van der Waals surface area contributed by atoms with Crippen molar-refractivity contribution in [3.8, 4) is 0 Å². The highest BCUT2D eigenvalue weighted by atomic mass is 127. The molecule has 2 aromatic rings. The molecule has 1 aromatic heterocycles. The van der Waals surface area contributed by atoms with Crippen LogP contribution in [0.4, 0.5) is 18.9 Å². The van der Waals surface area contributed by atoms with Crippen molar-refractivity contribution in [2.24, 2.45) is 0 Å². The van der Waals surface area contributed by atoms with Crippen LogP contribution in [-0.4, -0.2) is 17.1 Å². The fourth-order valence-electron chi connectivity index (χ4n) is 1.42. The van der Waals surface area contributed by atoms with E-state index in [9.17, 15) is 18.0 Å². The molecule has 7 heteroatoms. The van der Waals surface area contributed by atoms with Crippen molar-refractivity contribution in [3.05, 3.63) is 28.0 Å². The zero-order chi connectivity index (χ0) is 12.6. The highest BCUT2D eigenvalue weighted by Gasteiger charge is 2.38. The van der Waals surface area contributed by atoms with Crippen molar-refractivity contribution < 1.29 is 18.0 Å². The number of aromatic amines is 1. The second-order valence-electron chi connectivity index (χ2n) is 3.31. The third kappa shape index (κ3) is 2.38. The smallest absolute Gasteiger partial charge is 0.359 e. The number of fused-ring (bicyclic) bond motifs is 1. The fraction of sp³-hybridized carbons (Fsp3) is 0.100. The molecule has 0 unspecified atom stereocenters. The fourth-order valence-corrected chi connectivity index (χ4v) is 2.05. The Hall–Kier alpha value is -1.25. The molecule has 0 fully saturated rings. The number of hydrogen-bond acceptors (Lipinski definition) is 1. The third-order valence-corrected chi connectivity index (χ3v) is 3.12. The molecule has 3 nitrogen and oxygen atoms in total. The molecule has 0 atom stereocenters. The second-order valence-corrected chi connectivity index (χ2v) is 4.48. The van der Waals surface area contributed by atoms with Crippen LogP contribution in [0.5, 0.6) is 0 Å². The SMILES string of the molecule is O=C(Nc1ccc(I)c2cc[nH]c12)C(F)(F)F. The van der Waals surface area contributed by atoms with Gasteiger partial charge in [-0.1, -0.05) is 0 Å². The molecule has 1 heterocycles. The van der Waals surface area contributed by atoms with Crippen LogP contribution in [0.15, 0.2) is 24.4 Å². The van der Waals surface area contributed by atoms with E-state index in [0.717, 1.165) is 8.96 Å². The highest BCUT2D eigenvalue weighted by molar-refractivity contribution is 14.1. The second kappa shape index (κ2) is 4.21. The molecular formula is C10H6F3IN2O. The number of carbonyl (C=O) groups is 1. The minimum absolute atomic E-state index is 0.118. The van der Waals surface area contributed by atoms with Crippen LogP contribution in [0.25, 0.3) is 10.9 Å². The lowest BCUT2D eigenvalue weighted by Crippen LogP contribution is -2.30. The summed E-state index contributed by atoms with van der Waals surface area (Å²) >= 11 is 2.07. The van der Waals surface area contributed by atoms with E-state index in [-0.39, 0.29) is 5.69 Å². The minimum Gasteiger partial charge on any atom is -0.359 e. The lowest BCUT2D eigenvalue weighted by atomic mass is 10.2. The van der Waals surface area contributed by atoms with Gasteiger partial charge in [0.1, 0.15) is 0 Å². The van der Waals surface area contributed by atoms with Crippen molar-refractivity contribution in [3.63, 3.8) is 0 Å². The molecule has 1 amide bonds. The quantitative estimate of drug-likeness (QED) is 0.759. The molecule has 2 N–H and O–H groups in total. The molecule has 1 aromatic carbocycles. The van der Waals surface area contributed by atoms with Gasteiger partial charge in [-0.05, 0) is 40.8 Å². The maximum absolute atomic E-state index is 12.1. The van der Waals surface area contributed by atoms with Crippen molar-refractivity contribution >= 4 is 45.1 Å². The average molecular weight is 354 g/mol. The van der Waals surface area contributed by atoms with Gasteiger partial charge in [0.05, 0.1) is 11.2 Å². The summed E-state index contributed by atoms with van der Waals surface area (Å²) < 4.78 is 37.2. The monoisotopic (exact) mass is 354 g/mol. The summed E-state index contributed by atoms with van der Waals surface area (Å²) in [5, 5.41) is 2.61. The summed E-state index contributed by atoms with van der Waals surface area (Å²) in [6.07, 6.45) is -3.28. The van der Waals surface area contributed by atoms with E-state index in [1.807, 2.05) is 5.32 Å². The molecule has 0 spiro atoms. The molecule has 17 heavy (non-hydrogen) atoms. The number of aromatic nitrogens is 1. The number of nitrogens with one attached hydrogen (secondary N) is 2. The van der Waals surface area contributed by atoms with Crippen molar-refractivity contribution in [2.45, 2.75) is 6.18 Å². The van der Waals surface area contributed by atoms with Crippen LogP contribution in [0, 0.1) is 3.57 Å². The number of amides is 1. The Morgan fingerprint density at radius 3 is 2.65 bits per heavy atom. The maximum Gasteiger partial charge on any atom is 0.471 e. The molecule has 0 saturated carbocycles. The number of anilines is 1. The van der Waals surface area contributed by atoms with E-state index in [2.05, 4.69) is 27.6 Å². The summed E-state index contributed by atoms with van der Waals surface area (Å²) in [4.78, 5) is 13.6. The van der Waals surface area contributed by atoms with Crippen LogP contribution in [0.1, 0.15) is 0 Å². The molecular weight excluding hydrogens is 348 g/mol. The van der Waals surface area contributed by atoms with Gasteiger partial charge in [0.15, 0.2) is 0 Å². The van der Waals surface area contributed by atoms with Gasteiger partial charge in [0, 0.05) is 15.2 Å². The third-order valence-electron chi connectivity index (χ3n) is 2.18. The Balaban J connectivity index is 2.41. The first-order chi connectivity index (χ1) is 7.89. The van der Waals surface area contributed by atoms with Gasteiger partial charge in [-0.2, -0.15) is 13.2 Å². The normalized spacial score (nSPS) is 11.8. The summed E-state index contributed by atoms with van der Waals surface area (Å²) in [6, 6.07) is 4.81. The molecule has 0 bridgehead atoms. The Labute approximate surface area is 108 Å². The zero-order valence-electron chi connectivity index (χ0n) is 8.23. The van der Waals surface area contributed by atoms with Gasteiger partial charge in [0.25, 0.3) is 0 Å². The first-order valence-electron chi connectivity index (χ1n) is 4.53. The molecule has 90 valence electrons. The summed E-state index contributed by atoms with van der Waals surface area (Å²) in [5.41, 5.74) is 0.599. The van der Waals surface area contributed by atoms with Crippen LogP contribution < -0.4 is 5.32 Å². The minimum atomic E-state index is -4.89. The first-order valence-corrected chi connectivity index (χ1v) is 5.61. The molecule has 0 aliphatic carbocycles. The zero-order valence-corrected chi connectivity index (χ0v) is 10.4. The summed E-state index contributed by atoms with van der Waals surface area (Å²) in [6.45, 7) is 0. The van der Waals surface area contributed by atoms with Crippen molar-refractivity contribution in [2.75, 3.05) is 5.32 Å². The van der Waals surface area contributed by atoms with Crippen LogP contribution in [-0.2, 0) is 4.79 Å². The molecule has 0 aliphatic heterocycles. The highest BCUT2D eigenvalue weighted by Crippen LogP contribution is 2.28. The van der Waals surface area contributed by atoms with Gasteiger partial charge in [-0.25, -0.2) is 0 Å². The summed E-state index contributed by atoms with van der Waals surface area (Å²) in [5.74, 6) is -1.98. The van der Waals surface area contributed by atoms with E-state index < -0.39 is 12.1 Å². The average Bonchev–Trinajstić information content (AvgIpc) is 2.70. The lowest BCUT2D eigenvalue weighted by Gasteiger charge is -2.09. The van der Waals surface area contributed by atoms with Crippen LogP contribution in [0.2, 0.25) is 0 Å². The Morgan fingerprint density at radius 1 is 1.29 bits per heavy atom. The maximum atomic E-state index is 12.1. The lowest BCUT2D eigenvalue weighted by molar-refractivity contribution is -0.167. The largest absolute Gasteiger partial charge is 0.471 e. The van der Waals surface area contributed by atoms with E-state index in [1.165, 1.54) is 6.07 Å². The van der Waals surface area contributed by atoms with E-state index >= 15 is 0 Å². The first kappa shape index (κ1) is 12.2. The number of halogens is 4. The number of hydrogen-bond donors (Lipinski definition) is 2. The molecule has 2 rings (SSSR count). The Morgan fingerprint density at radius 2 is 2.00 bits per heavy atom. The van der Waals surface area contributed by atoms with Crippen molar-refractivity contribution in [1.29, 1.82) is 0 Å². The predicted molar refractivity (Wildman–Crippen MR) is 65.7 cm³/mol. The number of carbonyl (C=O) groups excluding carboxylic acids is 1. The van der Waals surface area contributed by atoms with Gasteiger partial charge in [-0.3, -0.25) is 4.79 Å². The molecule has 0 saturated heterocycles. The predicted octanol–water partition coefficient (Wildman–Crippen LogP) is 3.27. The molecule has 0 radical (unpaired) electrons. The van der Waals surface area contributed by atoms with Gasteiger partial charge in [-0.15, -0.1) is 0 Å². The van der Waals surface area contributed by atoms with E-state index in [4.69, 9.17) is 0 Å². The standard InChI is InChI=1S/C10H6F3IN2O/c11-10(12,13)9(17)16-7-2-1-6(14)5-3-4-15-8(5)7/h1-4,15H,(H,16,17). The Bertz CT molecular complexity index is 576. The number of rotatable bonds is 1. The number of alkyl halides is 3. The molecule has 0 aliphatic rings. The van der Waals surface area contributed by atoms with E-state index in [0.29, 0.717) is 5.52 Å². The van der Waals surface area contributed by atoms with Gasteiger partial charge in [0.2, 0.25) is 0 Å². The van der Waals surface area contributed by atoms with Crippen LogP contribution in [0.3, 0.4) is 0 Å². The van der Waals surface area contributed by atoms with Gasteiger partial charge < -0.3 is 10.3 Å². The van der Waals surface area contributed by atoms with Gasteiger partial charge >= 0.3 is 12.1 Å². The number of benzene rings is 1. The topological polar surface area (TPSA) is 44.9 Å². The summed E-state index contributed by atoms with van der Waals surface area (Å²) in [7, 11) is 0. The van der Waals surface area contributed by atoms with Crippen molar-refractivity contribution in [1.82, 2.24) is 4.98 Å². The Kier molecular flexibility index (Phi) is 3.02.